The Labute approximate surface area is 83.1 Å². The van der Waals surface area contributed by atoms with Gasteiger partial charge in [-0.15, -0.1) is 0 Å². The molecule has 78 valence electrons. The Morgan fingerprint density at radius 2 is 2.00 bits per heavy atom. The average molecular weight is 183 g/mol. The van der Waals surface area contributed by atoms with Crippen LogP contribution in [0.4, 0.5) is 0 Å². The molecule has 0 aliphatic heterocycles. The zero-order valence-electron chi connectivity index (χ0n) is 9.64. The van der Waals surface area contributed by atoms with Gasteiger partial charge < -0.3 is 5.73 Å². The molecule has 0 aromatic heterocycles. The highest BCUT2D eigenvalue weighted by molar-refractivity contribution is 4.92. The molecule has 0 spiro atoms. The molecule has 0 unspecified atom stereocenters. The van der Waals surface area contributed by atoms with E-state index in [0.29, 0.717) is 17.4 Å². The highest BCUT2D eigenvalue weighted by atomic mass is 14.7. The third-order valence-electron chi connectivity index (χ3n) is 4.17. The Balaban J connectivity index is 2.59. The number of rotatable bonds is 2. The molecule has 1 nitrogen and oxygen atoms in total. The molecule has 0 radical (unpaired) electrons. The fourth-order valence-corrected chi connectivity index (χ4v) is 2.61. The first-order valence-electron chi connectivity index (χ1n) is 5.74. The van der Waals surface area contributed by atoms with E-state index in [1.807, 2.05) is 0 Å². The van der Waals surface area contributed by atoms with Crippen LogP contribution < -0.4 is 5.73 Å². The van der Waals surface area contributed by atoms with Crippen LogP contribution in [0.5, 0.6) is 0 Å². The Bertz CT molecular complexity index is 163. The first-order valence-corrected chi connectivity index (χ1v) is 5.74. The summed E-state index contributed by atoms with van der Waals surface area (Å²) in [5.74, 6) is 1.46. The minimum Gasteiger partial charge on any atom is -0.327 e. The molecular weight excluding hydrogens is 158 g/mol. The quantitative estimate of drug-likeness (QED) is 0.699. The third-order valence-corrected chi connectivity index (χ3v) is 4.17. The Kier molecular flexibility index (Phi) is 3.39. The molecule has 13 heavy (non-hydrogen) atoms. The molecule has 0 amide bonds. The molecule has 1 rings (SSSR count). The summed E-state index contributed by atoms with van der Waals surface area (Å²) in [6, 6.07) is 0.434. The van der Waals surface area contributed by atoms with Gasteiger partial charge in [-0.2, -0.15) is 0 Å². The van der Waals surface area contributed by atoms with E-state index >= 15 is 0 Å². The van der Waals surface area contributed by atoms with Crippen LogP contribution in [-0.2, 0) is 0 Å². The average Bonchev–Trinajstić information content (AvgIpc) is 2.07. The second-order valence-electron chi connectivity index (χ2n) is 5.44. The molecule has 0 aromatic rings. The summed E-state index contributed by atoms with van der Waals surface area (Å²) < 4.78 is 0. The zero-order chi connectivity index (χ0) is 10.1. The highest BCUT2D eigenvalue weighted by Crippen LogP contribution is 2.43. The molecule has 0 aromatic carbocycles. The minimum atomic E-state index is 0.434. The van der Waals surface area contributed by atoms with E-state index in [2.05, 4.69) is 27.7 Å². The minimum absolute atomic E-state index is 0.434. The van der Waals surface area contributed by atoms with Gasteiger partial charge in [0.2, 0.25) is 0 Å². The van der Waals surface area contributed by atoms with Gasteiger partial charge in [-0.1, -0.05) is 34.1 Å². The summed E-state index contributed by atoms with van der Waals surface area (Å²) in [5.41, 5.74) is 6.75. The van der Waals surface area contributed by atoms with Crippen molar-refractivity contribution in [1.29, 1.82) is 0 Å². The van der Waals surface area contributed by atoms with Crippen LogP contribution in [0.3, 0.4) is 0 Å². The Morgan fingerprint density at radius 1 is 1.38 bits per heavy atom. The molecule has 0 saturated heterocycles. The summed E-state index contributed by atoms with van der Waals surface area (Å²) in [4.78, 5) is 0. The molecule has 1 aliphatic carbocycles. The summed E-state index contributed by atoms with van der Waals surface area (Å²) in [7, 11) is 0. The maximum absolute atomic E-state index is 6.28. The van der Waals surface area contributed by atoms with E-state index in [1.165, 1.54) is 25.7 Å². The van der Waals surface area contributed by atoms with Crippen molar-refractivity contribution in [1.82, 2.24) is 0 Å². The van der Waals surface area contributed by atoms with Crippen molar-refractivity contribution in [2.24, 2.45) is 23.0 Å². The van der Waals surface area contributed by atoms with Crippen molar-refractivity contribution < 1.29 is 0 Å². The summed E-state index contributed by atoms with van der Waals surface area (Å²) in [6.07, 6.45) is 5.30. The van der Waals surface area contributed by atoms with Crippen molar-refractivity contribution in [3.63, 3.8) is 0 Å². The van der Waals surface area contributed by atoms with Crippen LogP contribution in [0, 0.1) is 17.3 Å². The van der Waals surface area contributed by atoms with Crippen LogP contribution >= 0.6 is 0 Å². The van der Waals surface area contributed by atoms with Gasteiger partial charge in [0.05, 0.1) is 0 Å². The molecule has 1 heteroatoms. The fraction of sp³-hybridized carbons (Fsp3) is 1.00. The van der Waals surface area contributed by atoms with Crippen LogP contribution in [0.15, 0.2) is 0 Å². The topological polar surface area (TPSA) is 26.0 Å². The molecule has 1 fully saturated rings. The van der Waals surface area contributed by atoms with Crippen molar-refractivity contribution in [2.45, 2.75) is 59.4 Å². The Morgan fingerprint density at radius 3 is 2.54 bits per heavy atom. The predicted molar refractivity (Wildman–Crippen MR) is 58.6 cm³/mol. The second-order valence-corrected chi connectivity index (χ2v) is 5.44. The van der Waals surface area contributed by atoms with Gasteiger partial charge in [0.25, 0.3) is 0 Å². The van der Waals surface area contributed by atoms with Gasteiger partial charge in [-0.05, 0) is 36.5 Å². The van der Waals surface area contributed by atoms with Crippen molar-refractivity contribution >= 4 is 0 Å². The van der Waals surface area contributed by atoms with Crippen molar-refractivity contribution in [2.75, 3.05) is 0 Å². The lowest BCUT2D eigenvalue weighted by Gasteiger charge is -2.45. The van der Waals surface area contributed by atoms with E-state index in [1.54, 1.807) is 0 Å². The Hall–Kier alpha value is -0.0400. The molecule has 1 saturated carbocycles. The molecule has 1 aliphatic rings. The largest absolute Gasteiger partial charge is 0.327 e. The number of nitrogens with two attached hydrogens (primary N) is 1. The van der Waals surface area contributed by atoms with E-state index in [-0.39, 0.29) is 0 Å². The van der Waals surface area contributed by atoms with Gasteiger partial charge in [-0.3, -0.25) is 0 Å². The maximum atomic E-state index is 6.28. The van der Waals surface area contributed by atoms with Gasteiger partial charge in [-0.25, -0.2) is 0 Å². The molecule has 0 bridgehead atoms. The van der Waals surface area contributed by atoms with E-state index in [9.17, 15) is 0 Å². The van der Waals surface area contributed by atoms with Gasteiger partial charge in [0.15, 0.2) is 0 Å². The maximum Gasteiger partial charge on any atom is 0.00980 e. The fourth-order valence-electron chi connectivity index (χ4n) is 2.61. The van der Waals surface area contributed by atoms with E-state index < -0.39 is 0 Å². The van der Waals surface area contributed by atoms with E-state index in [4.69, 9.17) is 5.73 Å². The second kappa shape index (κ2) is 4.00. The lowest BCUT2D eigenvalue weighted by Crippen LogP contribution is -2.47. The first kappa shape index (κ1) is 11.0. The summed E-state index contributed by atoms with van der Waals surface area (Å²) in [5, 5.41) is 0. The molecular formula is C12H25N. The van der Waals surface area contributed by atoms with Gasteiger partial charge in [0.1, 0.15) is 0 Å². The van der Waals surface area contributed by atoms with Crippen LogP contribution in [0.25, 0.3) is 0 Å². The van der Waals surface area contributed by atoms with Crippen molar-refractivity contribution in [3.05, 3.63) is 0 Å². The van der Waals surface area contributed by atoms with E-state index in [0.717, 1.165) is 5.92 Å². The highest BCUT2D eigenvalue weighted by Gasteiger charge is 2.38. The smallest absolute Gasteiger partial charge is 0.00980 e. The van der Waals surface area contributed by atoms with Gasteiger partial charge in [0, 0.05) is 6.04 Å². The zero-order valence-corrected chi connectivity index (χ0v) is 9.64. The lowest BCUT2D eigenvalue weighted by atomic mass is 9.63. The lowest BCUT2D eigenvalue weighted by molar-refractivity contribution is 0.0818. The van der Waals surface area contributed by atoms with Gasteiger partial charge >= 0.3 is 0 Å². The number of hydrogen-bond donors (Lipinski definition) is 1. The van der Waals surface area contributed by atoms with Crippen LogP contribution in [0.1, 0.15) is 53.4 Å². The molecule has 0 heterocycles. The first-order chi connectivity index (χ1) is 5.99. The summed E-state index contributed by atoms with van der Waals surface area (Å²) >= 11 is 0. The van der Waals surface area contributed by atoms with Crippen LogP contribution in [0.2, 0.25) is 0 Å². The third kappa shape index (κ3) is 2.25. The normalized spacial score (nSPS) is 39.0. The number of hydrogen-bond acceptors (Lipinski definition) is 1. The summed E-state index contributed by atoms with van der Waals surface area (Å²) in [6.45, 7) is 9.31. The monoisotopic (exact) mass is 183 g/mol. The SMILES string of the molecule is CCC[C@H]1CCC(C)(C)[C@@H](C)[C@H]1N. The standard InChI is InChI=1S/C12H25N/c1-5-6-10-7-8-12(3,4)9(2)11(10)13/h9-11H,5-8,13H2,1-4H3/t9-,10-,11+/m0/s1. The molecule has 3 atom stereocenters. The van der Waals surface area contributed by atoms with Crippen LogP contribution in [-0.4, -0.2) is 6.04 Å². The molecule has 2 N–H and O–H groups in total. The predicted octanol–water partition coefficient (Wildman–Crippen LogP) is 3.19. The van der Waals surface area contributed by atoms with Crippen molar-refractivity contribution in [3.8, 4) is 0 Å².